The number of likely N-dealkylation sites (tertiary alicyclic amines) is 1. The largest absolute Gasteiger partial charge is 0.396 e. The minimum absolute atomic E-state index is 0.0454. The predicted molar refractivity (Wildman–Crippen MR) is 94.8 cm³/mol. The number of hydrogen-bond donors (Lipinski definition) is 1. The Kier molecular flexibility index (Phi) is 5.33. The number of nitrogens with zero attached hydrogens (tertiary/aromatic N) is 3. The molecule has 2 fully saturated rings. The fourth-order valence-electron chi connectivity index (χ4n) is 3.97. The third-order valence-corrected chi connectivity index (χ3v) is 5.30. The van der Waals surface area contributed by atoms with Crippen molar-refractivity contribution in [2.75, 3.05) is 18.1 Å². The number of piperidine rings is 1. The standard InChI is InChI=1S/C18H23N3O5/c1-12-5-6-14(21(25)26)10-15(12)20-17(23)11-16(18(20)24)19-8-3-2-4-13(19)7-9-22/h5-6,10,13,16,22H,2-4,7-9,11H2,1H3/t13-,16+/m0/s1. The van der Waals surface area contributed by atoms with Crippen molar-refractivity contribution in [2.45, 2.75) is 51.1 Å². The van der Waals surface area contributed by atoms with E-state index in [4.69, 9.17) is 0 Å². The van der Waals surface area contributed by atoms with E-state index in [1.54, 1.807) is 13.0 Å². The lowest BCUT2D eigenvalue weighted by Crippen LogP contribution is -2.50. The number of carbonyl (C=O) groups excluding carboxylic acids is 2. The molecule has 2 amide bonds. The second-order valence-corrected chi connectivity index (χ2v) is 6.91. The Morgan fingerprint density at radius 1 is 1.31 bits per heavy atom. The first kappa shape index (κ1) is 18.5. The Morgan fingerprint density at radius 2 is 2.08 bits per heavy atom. The van der Waals surface area contributed by atoms with Crippen LogP contribution in [-0.2, 0) is 9.59 Å². The molecule has 2 aliphatic heterocycles. The van der Waals surface area contributed by atoms with Crippen LogP contribution in [0.4, 0.5) is 11.4 Å². The van der Waals surface area contributed by atoms with Crippen LogP contribution in [0.1, 0.15) is 37.7 Å². The van der Waals surface area contributed by atoms with Crippen LogP contribution < -0.4 is 4.90 Å². The molecule has 2 heterocycles. The summed E-state index contributed by atoms with van der Waals surface area (Å²) < 4.78 is 0. The molecule has 0 unspecified atom stereocenters. The Balaban J connectivity index is 1.90. The van der Waals surface area contributed by atoms with Crippen LogP contribution in [0.2, 0.25) is 0 Å². The zero-order valence-electron chi connectivity index (χ0n) is 14.8. The molecular formula is C18H23N3O5. The average molecular weight is 361 g/mol. The lowest BCUT2D eigenvalue weighted by atomic mass is 9.97. The molecule has 140 valence electrons. The van der Waals surface area contributed by atoms with Gasteiger partial charge < -0.3 is 5.11 Å². The van der Waals surface area contributed by atoms with E-state index >= 15 is 0 Å². The number of nitro groups is 1. The second-order valence-electron chi connectivity index (χ2n) is 6.91. The summed E-state index contributed by atoms with van der Waals surface area (Å²) >= 11 is 0. The fourth-order valence-corrected chi connectivity index (χ4v) is 3.97. The molecule has 0 aliphatic carbocycles. The molecule has 26 heavy (non-hydrogen) atoms. The number of rotatable bonds is 5. The van der Waals surface area contributed by atoms with Crippen molar-refractivity contribution in [1.82, 2.24) is 4.90 Å². The zero-order chi connectivity index (χ0) is 18.8. The monoisotopic (exact) mass is 361 g/mol. The number of benzene rings is 1. The van der Waals surface area contributed by atoms with E-state index in [0.29, 0.717) is 12.0 Å². The third-order valence-electron chi connectivity index (χ3n) is 5.30. The van der Waals surface area contributed by atoms with Crippen molar-refractivity contribution >= 4 is 23.2 Å². The smallest absolute Gasteiger partial charge is 0.271 e. The van der Waals surface area contributed by atoms with Crippen LogP contribution in [0.15, 0.2) is 18.2 Å². The number of aliphatic hydroxyl groups excluding tert-OH is 1. The summed E-state index contributed by atoms with van der Waals surface area (Å²) in [6, 6.07) is 3.73. The summed E-state index contributed by atoms with van der Waals surface area (Å²) in [6.07, 6.45) is 3.55. The van der Waals surface area contributed by atoms with Crippen molar-refractivity contribution in [1.29, 1.82) is 0 Å². The molecule has 0 spiro atoms. The van der Waals surface area contributed by atoms with Crippen LogP contribution in [0.25, 0.3) is 0 Å². The number of non-ortho nitro benzene ring substituents is 1. The number of aliphatic hydroxyl groups is 1. The number of aryl methyl sites for hydroxylation is 1. The van der Waals surface area contributed by atoms with Crippen LogP contribution in [0, 0.1) is 17.0 Å². The molecule has 2 aliphatic rings. The molecule has 0 saturated carbocycles. The Bertz CT molecular complexity index is 734. The first-order valence-electron chi connectivity index (χ1n) is 8.92. The van der Waals surface area contributed by atoms with E-state index in [0.717, 1.165) is 30.7 Å². The van der Waals surface area contributed by atoms with Crippen molar-refractivity contribution in [3.05, 3.63) is 33.9 Å². The first-order chi connectivity index (χ1) is 12.4. The third kappa shape index (κ3) is 3.34. The van der Waals surface area contributed by atoms with E-state index in [1.807, 2.05) is 4.90 Å². The number of carbonyl (C=O) groups is 2. The lowest BCUT2D eigenvalue weighted by molar-refractivity contribution is -0.384. The quantitative estimate of drug-likeness (QED) is 0.487. The summed E-state index contributed by atoms with van der Waals surface area (Å²) in [5.74, 6) is -0.666. The van der Waals surface area contributed by atoms with Gasteiger partial charge in [-0.15, -0.1) is 0 Å². The number of anilines is 1. The maximum absolute atomic E-state index is 13.0. The summed E-state index contributed by atoms with van der Waals surface area (Å²) in [6.45, 7) is 2.49. The summed E-state index contributed by atoms with van der Waals surface area (Å²) in [5.41, 5.74) is 0.779. The lowest BCUT2D eigenvalue weighted by Gasteiger charge is -2.38. The summed E-state index contributed by atoms with van der Waals surface area (Å²) in [5, 5.41) is 20.3. The van der Waals surface area contributed by atoms with E-state index in [9.17, 15) is 24.8 Å². The van der Waals surface area contributed by atoms with Gasteiger partial charge in [-0.2, -0.15) is 0 Å². The molecule has 1 aromatic carbocycles. The summed E-state index contributed by atoms with van der Waals surface area (Å²) in [7, 11) is 0. The molecule has 2 atom stereocenters. The molecule has 1 aromatic rings. The zero-order valence-corrected chi connectivity index (χ0v) is 14.8. The van der Waals surface area contributed by atoms with Gasteiger partial charge in [0.15, 0.2) is 0 Å². The van der Waals surface area contributed by atoms with E-state index in [-0.39, 0.29) is 42.3 Å². The van der Waals surface area contributed by atoms with Gasteiger partial charge in [0.25, 0.3) is 11.6 Å². The van der Waals surface area contributed by atoms with Gasteiger partial charge in [-0.25, -0.2) is 4.90 Å². The number of hydrogen-bond acceptors (Lipinski definition) is 6. The van der Waals surface area contributed by atoms with Gasteiger partial charge in [0.05, 0.1) is 23.1 Å². The van der Waals surface area contributed by atoms with E-state index < -0.39 is 11.0 Å². The van der Waals surface area contributed by atoms with E-state index in [2.05, 4.69) is 0 Å². The first-order valence-corrected chi connectivity index (χ1v) is 8.92. The highest BCUT2D eigenvalue weighted by molar-refractivity contribution is 6.22. The molecule has 2 saturated heterocycles. The van der Waals surface area contributed by atoms with Crippen LogP contribution in [0.5, 0.6) is 0 Å². The Hall–Kier alpha value is -2.32. The summed E-state index contributed by atoms with van der Waals surface area (Å²) in [4.78, 5) is 39.3. The molecule has 8 nitrogen and oxygen atoms in total. The van der Waals surface area contributed by atoms with Crippen LogP contribution in [0.3, 0.4) is 0 Å². The SMILES string of the molecule is Cc1ccc([N+](=O)[O-])cc1N1C(=O)C[C@@H](N2CCCC[C@H]2CCO)C1=O. The maximum Gasteiger partial charge on any atom is 0.271 e. The molecular weight excluding hydrogens is 338 g/mol. The highest BCUT2D eigenvalue weighted by Crippen LogP contribution is 2.33. The number of imide groups is 1. The van der Waals surface area contributed by atoms with Crippen molar-refractivity contribution in [3.8, 4) is 0 Å². The van der Waals surface area contributed by atoms with Crippen molar-refractivity contribution in [2.24, 2.45) is 0 Å². The van der Waals surface area contributed by atoms with Gasteiger partial charge in [0.2, 0.25) is 5.91 Å². The predicted octanol–water partition coefficient (Wildman–Crippen LogP) is 1.77. The van der Waals surface area contributed by atoms with E-state index in [1.165, 1.54) is 12.1 Å². The Morgan fingerprint density at radius 3 is 2.77 bits per heavy atom. The molecule has 8 heteroatoms. The van der Waals surface area contributed by atoms with Gasteiger partial charge in [0.1, 0.15) is 0 Å². The minimum atomic E-state index is -0.557. The molecule has 0 radical (unpaired) electrons. The van der Waals surface area contributed by atoms with Gasteiger partial charge in [-0.1, -0.05) is 12.5 Å². The molecule has 0 aromatic heterocycles. The van der Waals surface area contributed by atoms with Crippen molar-refractivity contribution in [3.63, 3.8) is 0 Å². The molecule has 3 rings (SSSR count). The molecule has 0 bridgehead atoms. The maximum atomic E-state index is 13.0. The average Bonchev–Trinajstić information content (AvgIpc) is 2.90. The molecule has 1 N–H and O–H groups in total. The van der Waals surface area contributed by atoms with Crippen LogP contribution in [-0.4, -0.2) is 52.0 Å². The van der Waals surface area contributed by atoms with Gasteiger partial charge in [-0.3, -0.25) is 24.6 Å². The Labute approximate surface area is 151 Å². The fraction of sp³-hybridized carbons (Fsp3) is 0.556. The highest BCUT2D eigenvalue weighted by Gasteiger charge is 2.45. The minimum Gasteiger partial charge on any atom is -0.396 e. The van der Waals surface area contributed by atoms with Gasteiger partial charge >= 0.3 is 0 Å². The highest BCUT2D eigenvalue weighted by atomic mass is 16.6. The van der Waals surface area contributed by atoms with Crippen molar-refractivity contribution < 1.29 is 19.6 Å². The van der Waals surface area contributed by atoms with Gasteiger partial charge in [0, 0.05) is 24.8 Å². The topological polar surface area (TPSA) is 104 Å². The van der Waals surface area contributed by atoms with Gasteiger partial charge in [-0.05, 0) is 38.3 Å². The van der Waals surface area contributed by atoms with Crippen LogP contribution >= 0.6 is 0 Å². The number of nitro benzene ring substituents is 1. The normalized spacial score (nSPS) is 24.3. The number of amides is 2. The second kappa shape index (κ2) is 7.51.